The molecule has 0 fully saturated rings. The Bertz CT molecular complexity index is 952. The van der Waals surface area contributed by atoms with Gasteiger partial charge in [0.2, 0.25) is 11.6 Å². The number of carbonyl (C=O) groups is 2. The zero-order valence-electron chi connectivity index (χ0n) is 12.9. The van der Waals surface area contributed by atoms with Crippen molar-refractivity contribution in [3.8, 4) is 5.75 Å². The standard InChI is InChI=1S/C17H11ClN2O5/c1-25-9-6-7-12(13(8-9)20(23)24)19-15-14(18)16(21)10-4-2-3-5-11(10)17(15)22/h2-8,19H,1H3. The number of hydrogen-bond donors (Lipinski definition) is 1. The number of ether oxygens (including phenoxy) is 1. The highest BCUT2D eigenvalue weighted by atomic mass is 35.5. The number of fused-ring (bicyclic) bond motifs is 1. The van der Waals surface area contributed by atoms with Crippen LogP contribution in [0.5, 0.6) is 5.75 Å². The molecule has 8 heteroatoms. The highest BCUT2D eigenvalue weighted by Crippen LogP contribution is 2.34. The van der Waals surface area contributed by atoms with Crippen LogP contribution in [0.15, 0.2) is 53.2 Å². The number of methoxy groups -OCH3 is 1. The molecule has 1 aliphatic rings. The van der Waals surface area contributed by atoms with Crippen molar-refractivity contribution in [2.75, 3.05) is 12.4 Å². The van der Waals surface area contributed by atoms with Crippen molar-refractivity contribution in [3.05, 3.63) is 74.4 Å². The third-order valence-electron chi connectivity index (χ3n) is 3.72. The molecule has 0 amide bonds. The number of anilines is 1. The summed E-state index contributed by atoms with van der Waals surface area (Å²) in [4.78, 5) is 35.6. The molecule has 0 aromatic heterocycles. The highest BCUT2D eigenvalue weighted by molar-refractivity contribution is 6.50. The summed E-state index contributed by atoms with van der Waals surface area (Å²) >= 11 is 6.05. The third kappa shape index (κ3) is 2.85. The topological polar surface area (TPSA) is 98.5 Å². The smallest absolute Gasteiger partial charge is 0.296 e. The van der Waals surface area contributed by atoms with E-state index in [9.17, 15) is 19.7 Å². The second kappa shape index (κ2) is 6.37. The molecular formula is C17H11ClN2O5. The number of nitro benzene ring substituents is 1. The summed E-state index contributed by atoms with van der Waals surface area (Å²) in [5.41, 5.74) is -0.0867. The maximum Gasteiger partial charge on any atom is 0.296 e. The summed E-state index contributed by atoms with van der Waals surface area (Å²) in [5.74, 6) is -0.741. The largest absolute Gasteiger partial charge is 0.496 e. The van der Waals surface area contributed by atoms with Gasteiger partial charge in [0.15, 0.2) is 0 Å². The van der Waals surface area contributed by atoms with E-state index in [0.29, 0.717) is 0 Å². The second-order valence-electron chi connectivity index (χ2n) is 5.16. The van der Waals surface area contributed by atoms with Crippen LogP contribution in [0.25, 0.3) is 0 Å². The average Bonchev–Trinajstić information content (AvgIpc) is 2.63. The first kappa shape index (κ1) is 16.7. The predicted octanol–water partition coefficient (Wildman–Crippen LogP) is 3.54. The number of hydrogen-bond acceptors (Lipinski definition) is 6. The van der Waals surface area contributed by atoms with Gasteiger partial charge in [-0.05, 0) is 12.1 Å². The normalized spacial score (nSPS) is 13.5. The molecule has 0 radical (unpaired) electrons. The first-order valence-corrected chi connectivity index (χ1v) is 7.49. The Kier molecular flexibility index (Phi) is 4.24. The van der Waals surface area contributed by atoms with E-state index < -0.39 is 16.5 Å². The van der Waals surface area contributed by atoms with E-state index in [0.717, 1.165) is 0 Å². The van der Waals surface area contributed by atoms with Gasteiger partial charge in [-0.1, -0.05) is 35.9 Å². The van der Waals surface area contributed by atoms with Crippen LogP contribution in [0.3, 0.4) is 0 Å². The highest BCUT2D eigenvalue weighted by Gasteiger charge is 2.32. The second-order valence-corrected chi connectivity index (χ2v) is 5.54. The zero-order valence-corrected chi connectivity index (χ0v) is 13.7. The number of carbonyl (C=O) groups excluding carboxylic acids is 2. The van der Waals surface area contributed by atoms with Crippen LogP contribution >= 0.6 is 11.6 Å². The van der Waals surface area contributed by atoms with E-state index in [2.05, 4.69) is 5.32 Å². The molecule has 0 unspecified atom stereocenters. The van der Waals surface area contributed by atoms with Crippen molar-refractivity contribution in [1.82, 2.24) is 0 Å². The van der Waals surface area contributed by atoms with E-state index in [1.165, 1.54) is 37.4 Å². The summed E-state index contributed by atoms with van der Waals surface area (Å²) in [6.07, 6.45) is 0. The molecule has 0 saturated heterocycles. The molecule has 0 spiro atoms. The van der Waals surface area contributed by atoms with Crippen molar-refractivity contribution in [3.63, 3.8) is 0 Å². The number of nitro groups is 1. The van der Waals surface area contributed by atoms with Crippen LogP contribution in [0.4, 0.5) is 11.4 Å². The van der Waals surface area contributed by atoms with Crippen LogP contribution in [0, 0.1) is 10.1 Å². The zero-order chi connectivity index (χ0) is 18.1. The number of Topliss-reactive ketones (excluding diaryl/α,β-unsaturated/α-hetero) is 2. The molecule has 1 N–H and O–H groups in total. The maximum absolute atomic E-state index is 12.6. The van der Waals surface area contributed by atoms with E-state index in [1.54, 1.807) is 12.1 Å². The minimum absolute atomic E-state index is 0.0273. The molecule has 126 valence electrons. The molecule has 1 aliphatic carbocycles. The van der Waals surface area contributed by atoms with Gasteiger partial charge < -0.3 is 10.1 Å². The van der Waals surface area contributed by atoms with Gasteiger partial charge in [-0.25, -0.2) is 0 Å². The predicted molar refractivity (Wildman–Crippen MR) is 91.3 cm³/mol. The van der Waals surface area contributed by atoms with Crippen molar-refractivity contribution in [1.29, 1.82) is 0 Å². The monoisotopic (exact) mass is 358 g/mol. The lowest BCUT2D eigenvalue weighted by atomic mass is 9.92. The van der Waals surface area contributed by atoms with Crippen LogP contribution in [-0.4, -0.2) is 23.6 Å². The third-order valence-corrected chi connectivity index (χ3v) is 4.08. The molecule has 2 aromatic carbocycles. The first-order chi connectivity index (χ1) is 11.9. The molecule has 7 nitrogen and oxygen atoms in total. The van der Waals surface area contributed by atoms with Gasteiger partial charge in [-0.15, -0.1) is 0 Å². The van der Waals surface area contributed by atoms with Gasteiger partial charge >= 0.3 is 0 Å². The summed E-state index contributed by atoms with van der Waals surface area (Å²) < 4.78 is 4.96. The Morgan fingerprint density at radius 3 is 2.32 bits per heavy atom. The summed E-state index contributed by atoms with van der Waals surface area (Å²) in [6, 6.07) is 10.3. The van der Waals surface area contributed by atoms with E-state index in [1.807, 2.05) is 0 Å². The summed E-state index contributed by atoms with van der Waals surface area (Å²) in [5, 5.41) is 13.6. The van der Waals surface area contributed by atoms with Crippen molar-refractivity contribution in [2.45, 2.75) is 0 Å². The van der Waals surface area contributed by atoms with Gasteiger partial charge in [0.1, 0.15) is 22.2 Å². The summed E-state index contributed by atoms with van der Waals surface area (Å²) in [7, 11) is 1.38. The van der Waals surface area contributed by atoms with Gasteiger partial charge in [-0.2, -0.15) is 0 Å². The van der Waals surface area contributed by atoms with Crippen LogP contribution in [0.1, 0.15) is 20.7 Å². The number of halogens is 1. The molecule has 0 bridgehead atoms. The number of rotatable bonds is 4. The SMILES string of the molecule is COc1ccc(NC2=C(Cl)C(=O)c3ccccc3C2=O)c([N+](=O)[O-])c1. The minimum Gasteiger partial charge on any atom is -0.496 e. The number of ketones is 2. The van der Waals surface area contributed by atoms with E-state index in [-0.39, 0.29) is 39.0 Å². The molecular weight excluding hydrogens is 348 g/mol. The summed E-state index contributed by atoms with van der Waals surface area (Å²) in [6.45, 7) is 0. The average molecular weight is 359 g/mol. The quantitative estimate of drug-likeness (QED) is 0.663. The number of allylic oxidation sites excluding steroid dienone is 2. The molecule has 0 aliphatic heterocycles. The van der Waals surface area contributed by atoms with Crippen molar-refractivity contribution in [2.24, 2.45) is 0 Å². The Morgan fingerprint density at radius 1 is 1.08 bits per heavy atom. The number of nitrogens with zero attached hydrogens (tertiary/aromatic N) is 1. The maximum atomic E-state index is 12.6. The molecule has 25 heavy (non-hydrogen) atoms. The molecule has 2 aromatic rings. The fourth-order valence-electron chi connectivity index (χ4n) is 2.49. The van der Waals surface area contributed by atoms with Crippen LogP contribution in [-0.2, 0) is 0 Å². The minimum atomic E-state index is -0.623. The van der Waals surface area contributed by atoms with Crippen molar-refractivity contribution < 1.29 is 19.2 Å². The van der Waals surface area contributed by atoms with Gasteiger partial charge in [0, 0.05) is 11.1 Å². The lowest BCUT2D eigenvalue weighted by Gasteiger charge is -2.19. The fourth-order valence-corrected chi connectivity index (χ4v) is 2.72. The molecule has 3 rings (SSSR count). The van der Waals surface area contributed by atoms with Crippen molar-refractivity contribution >= 4 is 34.5 Å². The molecule has 0 atom stereocenters. The van der Waals surface area contributed by atoms with Gasteiger partial charge in [0.05, 0.1) is 18.1 Å². The number of benzene rings is 2. The lowest BCUT2D eigenvalue weighted by molar-refractivity contribution is -0.384. The number of nitrogens with one attached hydrogen (secondary N) is 1. The Labute approximate surface area is 147 Å². The van der Waals surface area contributed by atoms with E-state index >= 15 is 0 Å². The van der Waals surface area contributed by atoms with Crippen LogP contribution < -0.4 is 10.1 Å². The molecule has 0 heterocycles. The lowest BCUT2D eigenvalue weighted by Crippen LogP contribution is -2.24. The first-order valence-electron chi connectivity index (χ1n) is 7.11. The Balaban J connectivity index is 2.07. The van der Waals surface area contributed by atoms with Gasteiger partial charge in [0.25, 0.3) is 5.69 Å². The fraction of sp³-hybridized carbons (Fsp3) is 0.0588. The van der Waals surface area contributed by atoms with Gasteiger partial charge in [-0.3, -0.25) is 19.7 Å². The van der Waals surface area contributed by atoms with E-state index in [4.69, 9.17) is 16.3 Å². The Morgan fingerprint density at radius 2 is 1.72 bits per heavy atom. The Hall–Kier alpha value is -3.19. The molecule has 0 saturated carbocycles. The van der Waals surface area contributed by atoms with Crippen LogP contribution in [0.2, 0.25) is 0 Å².